The van der Waals surface area contributed by atoms with Gasteiger partial charge in [0.15, 0.2) is 5.69 Å². The van der Waals surface area contributed by atoms with Gasteiger partial charge in [-0.3, -0.25) is 4.79 Å². The maximum atomic E-state index is 13.2. The minimum absolute atomic E-state index is 0.0487. The van der Waals surface area contributed by atoms with Gasteiger partial charge in [-0.2, -0.15) is 9.97 Å². The van der Waals surface area contributed by atoms with Crippen molar-refractivity contribution in [3.63, 3.8) is 0 Å². The molecule has 1 aliphatic rings. The number of ether oxygens (including phenoxy) is 2. The van der Waals surface area contributed by atoms with Gasteiger partial charge in [0.1, 0.15) is 12.1 Å². The molecule has 2 N–H and O–H groups in total. The first kappa shape index (κ1) is 20.9. The number of carbonyl (C=O) groups excluding carboxylic acids is 1. The second-order valence-electron chi connectivity index (χ2n) is 7.06. The van der Waals surface area contributed by atoms with E-state index >= 15 is 0 Å². The van der Waals surface area contributed by atoms with Crippen LogP contribution < -0.4 is 20.1 Å². The number of rotatable bonds is 11. The quantitative estimate of drug-likeness (QED) is 0.576. The highest BCUT2D eigenvalue weighted by Gasteiger charge is 2.33. The Morgan fingerprint density at radius 1 is 1.17 bits per heavy atom. The van der Waals surface area contributed by atoms with Gasteiger partial charge in [0.25, 0.3) is 0 Å². The first-order valence-corrected chi connectivity index (χ1v) is 10.3. The van der Waals surface area contributed by atoms with Crippen LogP contribution in [-0.4, -0.2) is 45.2 Å². The van der Waals surface area contributed by atoms with Gasteiger partial charge >= 0.3 is 0 Å². The van der Waals surface area contributed by atoms with Crippen molar-refractivity contribution in [2.24, 2.45) is 5.92 Å². The molecule has 1 amide bonds. The highest BCUT2D eigenvalue weighted by atomic mass is 16.5. The number of carbonyl (C=O) groups is 1. The van der Waals surface area contributed by atoms with Crippen molar-refractivity contribution in [1.82, 2.24) is 19.5 Å². The van der Waals surface area contributed by atoms with E-state index in [0.29, 0.717) is 43.0 Å². The summed E-state index contributed by atoms with van der Waals surface area (Å²) in [6.45, 7) is 6.01. The second kappa shape index (κ2) is 10.1. The molecule has 0 unspecified atom stereocenters. The normalized spacial score (nSPS) is 13.7. The molecule has 2 heterocycles. The number of unbranched alkanes of at least 4 members (excludes halogenated alkanes) is 1. The zero-order chi connectivity index (χ0) is 20.6. The van der Waals surface area contributed by atoms with Crippen LogP contribution in [0.5, 0.6) is 11.8 Å². The van der Waals surface area contributed by atoms with Crippen molar-refractivity contribution in [1.29, 1.82) is 0 Å². The van der Waals surface area contributed by atoms with E-state index in [1.165, 1.54) is 6.33 Å². The molecule has 1 saturated carbocycles. The number of nitrogens with zero attached hydrogens (tertiary/aromatic N) is 5. The lowest BCUT2D eigenvalue weighted by molar-refractivity contribution is -0.124. The van der Waals surface area contributed by atoms with Gasteiger partial charge in [0.05, 0.1) is 19.5 Å². The highest BCUT2D eigenvalue weighted by molar-refractivity contribution is 5.97. The first-order valence-electron chi connectivity index (χ1n) is 10.3. The van der Waals surface area contributed by atoms with Crippen molar-refractivity contribution in [3.8, 4) is 11.8 Å². The summed E-state index contributed by atoms with van der Waals surface area (Å²) in [5, 5.41) is 0. The Morgan fingerprint density at radius 2 is 1.86 bits per heavy atom. The average Bonchev–Trinajstić information content (AvgIpc) is 3.07. The Labute approximate surface area is 171 Å². The van der Waals surface area contributed by atoms with Gasteiger partial charge in [-0.1, -0.05) is 6.42 Å². The molecular weight excluding hydrogens is 372 g/mol. The van der Waals surface area contributed by atoms with Crippen LogP contribution in [0.4, 0.5) is 11.5 Å². The average molecular weight is 402 g/mol. The smallest absolute Gasteiger partial charge is 0.245 e. The number of aryl methyl sites for hydroxylation is 1. The van der Waals surface area contributed by atoms with Crippen molar-refractivity contribution in [3.05, 3.63) is 18.9 Å². The number of nitrogens with two attached hydrogens (primary N) is 1. The molecule has 0 spiro atoms. The second-order valence-corrected chi connectivity index (χ2v) is 7.06. The van der Waals surface area contributed by atoms with Crippen molar-refractivity contribution < 1.29 is 14.3 Å². The summed E-state index contributed by atoms with van der Waals surface area (Å²) in [5.74, 6) is 1.44. The van der Waals surface area contributed by atoms with Crippen LogP contribution >= 0.6 is 0 Å². The molecule has 1 fully saturated rings. The zero-order valence-corrected chi connectivity index (χ0v) is 17.2. The van der Waals surface area contributed by atoms with Gasteiger partial charge in [0.2, 0.25) is 17.7 Å². The zero-order valence-electron chi connectivity index (χ0n) is 17.2. The van der Waals surface area contributed by atoms with E-state index in [-0.39, 0.29) is 11.8 Å². The molecule has 1 aliphatic carbocycles. The Kier molecular flexibility index (Phi) is 7.26. The summed E-state index contributed by atoms with van der Waals surface area (Å²) in [5.41, 5.74) is 6.21. The van der Waals surface area contributed by atoms with E-state index in [2.05, 4.69) is 15.0 Å². The van der Waals surface area contributed by atoms with Crippen LogP contribution in [0.15, 0.2) is 18.9 Å². The number of amides is 1. The lowest BCUT2D eigenvalue weighted by Crippen LogP contribution is -2.40. The lowest BCUT2D eigenvalue weighted by Gasteiger charge is -2.32. The van der Waals surface area contributed by atoms with Crippen LogP contribution in [0, 0.1) is 5.92 Å². The molecule has 29 heavy (non-hydrogen) atoms. The summed E-state index contributed by atoms with van der Waals surface area (Å²) >= 11 is 0. The molecule has 2 aromatic rings. The molecule has 0 radical (unpaired) electrons. The largest absolute Gasteiger partial charge is 0.476 e. The summed E-state index contributed by atoms with van der Waals surface area (Å²) in [4.78, 5) is 27.6. The Balaban J connectivity index is 1.78. The van der Waals surface area contributed by atoms with E-state index in [1.54, 1.807) is 11.2 Å². The minimum Gasteiger partial charge on any atom is -0.476 e. The molecule has 9 nitrogen and oxygen atoms in total. The van der Waals surface area contributed by atoms with Crippen LogP contribution in [-0.2, 0) is 11.3 Å². The van der Waals surface area contributed by atoms with Crippen LogP contribution in [0.2, 0.25) is 0 Å². The van der Waals surface area contributed by atoms with Crippen molar-refractivity contribution >= 4 is 17.4 Å². The SMILES string of the molecule is CCOc1ncnc(OCC)c1N(CCCCn1cnc(N)c1)C(=O)C1CCC1. The Hall–Kier alpha value is -2.84. The summed E-state index contributed by atoms with van der Waals surface area (Å²) < 4.78 is 13.4. The fraction of sp³-hybridized carbons (Fsp3) is 0.600. The molecular formula is C20H30N6O3. The molecule has 0 saturated heterocycles. The fourth-order valence-corrected chi connectivity index (χ4v) is 3.33. The number of hydrogen-bond donors (Lipinski definition) is 1. The third-order valence-electron chi connectivity index (χ3n) is 5.01. The molecule has 3 rings (SSSR count). The topological polar surface area (TPSA) is 108 Å². The number of imidazole rings is 1. The molecule has 0 bridgehead atoms. The van der Waals surface area contributed by atoms with Gasteiger partial charge in [-0.05, 0) is 39.5 Å². The Morgan fingerprint density at radius 3 is 2.38 bits per heavy atom. The van der Waals surface area contributed by atoms with E-state index in [1.807, 2.05) is 24.6 Å². The molecule has 0 aromatic carbocycles. The first-order chi connectivity index (χ1) is 14.1. The van der Waals surface area contributed by atoms with Crippen LogP contribution in [0.25, 0.3) is 0 Å². The van der Waals surface area contributed by atoms with Crippen molar-refractivity contribution in [2.45, 2.75) is 52.5 Å². The van der Waals surface area contributed by atoms with E-state index in [4.69, 9.17) is 15.2 Å². The minimum atomic E-state index is 0.0487. The summed E-state index contributed by atoms with van der Waals surface area (Å²) in [6.07, 6.45) is 9.56. The number of nitrogen functional groups attached to an aromatic ring is 1. The van der Waals surface area contributed by atoms with Gasteiger partial charge < -0.3 is 24.7 Å². The monoisotopic (exact) mass is 402 g/mol. The molecule has 158 valence electrons. The highest BCUT2D eigenvalue weighted by Crippen LogP contribution is 2.38. The van der Waals surface area contributed by atoms with Gasteiger partial charge in [-0.25, -0.2) is 4.98 Å². The van der Waals surface area contributed by atoms with Gasteiger partial charge in [0, 0.05) is 25.2 Å². The number of hydrogen-bond acceptors (Lipinski definition) is 7. The standard InChI is InChI=1S/C20H30N6O3/c1-3-28-18-17(19(29-4-2)23-13-22-18)26(20(27)15-8-7-9-15)11-6-5-10-25-12-16(21)24-14-25/h12-15H,3-11,21H2,1-2H3. The maximum absolute atomic E-state index is 13.2. The van der Waals surface area contributed by atoms with Crippen LogP contribution in [0.1, 0.15) is 46.0 Å². The van der Waals surface area contributed by atoms with Gasteiger partial charge in [-0.15, -0.1) is 0 Å². The summed E-state index contributed by atoms with van der Waals surface area (Å²) in [6, 6.07) is 0. The maximum Gasteiger partial charge on any atom is 0.245 e. The molecule has 0 aliphatic heterocycles. The van der Waals surface area contributed by atoms with Crippen LogP contribution in [0.3, 0.4) is 0 Å². The number of anilines is 2. The third kappa shape index (κ3) is 5.16. The third-order valence-corrected chi connectivity index (χ3v) is 5.01. The predicted octanol–water partition coefficient (Wildman–Crippen LogP) is 2.67. The molecule has 0 atom stereocenters. The van der Waals surface area contributed by atoms with E-state index < -0.39 is 0 Å². The number of aromatic nitrogens is 4. The molecule has 2 aromatic heterocycles. The van der Waals surface area contributed by atoms with Crippen molar-refractivity contribution in [2.75, 3.05) is 30.4 Å². The summed E-state index contributed by atoms with van der Waals surface area (Å²) in [7, 11) is 0. The lowest BCUT2D eigenvalue weighted by atomic mass is 9.84. The van der Waals surface area contributed by atoms with E-state index in [9.17, 15) is 4.79 Å². The molecule has 9 heteroatoms. The predicted molar refractivity (Wildman–Crippen MR) is 110 cm³/mol. The fourth-order valence-electron chi connectivity index (χ4n) is 3.33. The van der Waals surface area contributed by atoms with E-state index in [0.717, 1.165) is 38.6 Å². The Bertz CT molecular complexity index is 781.